The van der Waals surface area contributed by atoms with E-state index in [-0.39, 0.29) is 29.3 Å². The Labute approximate surface area is 146 Å². The van der Waals surface area contributed by atoms with Gasteiger partial charge in [0.1, 0.15) is 0 Å². The predicted molar refractivity (Wildman–Crippen MR) is 98.5 cm³/mol. The summed E-state index contributed by atoms with van der Waals surface area (Å²) in [6.45, 7) is 12.8. The fourth-order valence-electron chi connectivity index (χ4n) is 2.50. The molecule has 0 aliphatic heterocycles. The number of hydrogen-bond acceptors (Lipinski definition) is 2. The van der Waals surface area contributed by atoms with Crippen LogP contribution in [0.4, 0.5) is 0 Å². The Hall–Kier alpha value is -1.84. The third-order valence-corrected chi connectivity index (χ3v) is 3.35. The molecule has 0 aromatic heterocycles. The highest BCUT2D eigenvalue weighted by molar-refractivity contribution is 5.80. The van der Waals surface area contributed by atoms with Gasteiger partial charge in [-0.3, -0.25) is 9.59 Å². The summed E-state index contributed by atoms with van der Waals surface area (Å²) in [6, 6.07) is 8.14. The minimum atomic E-state index is -0.0843. The van der Waals surface area contributed by atoms with Crippen molar-refractivity contribution < 1.29 is 9.59 Å². The minimum absolute atomic E-state index is 0.0463. The van der Waals surface area contributed by atoms with Crippen molar-refractivity contribution in [1.82, 2.24) is 10.6 Å². The lowest BCUT2D eigenvalue weighted by Crippen LogP contribution is -2.39. The van der Waals surface area contributed by atoms with Crippen molar-refractivity contribution in [2.75, 3.05) is 6.67 Å². The van der Waals surface area contributed by atoms with Crippen molar-refractivity contribution in [3.05, 3.63) is 35.4 Å². The molecule has 24 heavy (non-hydrogen) atoms. The first kappa shape index (κ1) is 20.2. The Bertz CT molecular complexity index is 566. The lowest BCUT2D eigenvalue weighted by molar-refractivity contribution is -0.123. The second kappa shape index (κ2) is 8.32. The maximum Gasteiger partial charge on any atom is 0.225 e. The fraction of sp³-hybridized carbons (Fsp3) is 0.600. The van der Waals surface area contributed by atoms with Crippen LogP contribution in [0.5, 0.6) is 0 Å². The Kier molecular flexibility index (Phi) is 7.00. The van der Waals surface area contributed by atoms with E-state index in [0.29, 0.717) is 12.8 Å². The second-order valence-corrected chi connectivity index (χ2v) is 8.85. The van der Waals surface area contributed by atoms with Gasteiger partial charge in [0, 0.05) is 6.42 Å². The third kappa shape index (κ3) is 9.33. The van der Waals surface area contributed by atoms with E-state index in [0.717, 1.165) is 12.0 Å². The van der Waals surface area contributed by atoms with E-state index in [1.54, 1.807) is 0 Å². The molecule has 1 rings (SSSR count). The Morgan fingerprint density at radius 2 is 1.46 bits per heavy atom. The summed E-state index contributed by atoms with van der Waals surface area (Å²) in [5, 5.41) is 5.47. The standard InChI is InChI=1S/C20H32N2O2/c1-19(2,3)12-16-9-7-8-15(10-16)11-17(23)21-14-22-18(24)13-20(4,5)6/h7-10H,11-14H2,1-6H3,(H,21,23)(H,22,24). The quantitative estimate of drug-likeness (QED) is 0.784. The minimum Gasteiger partial charge on any atom is -0.339 e. The van der Waals surface area contributed by atoms with E-state index < -0.39 is 0 Å². The molecule has 1 aromatic carbocycles. The first-order chi connectivity index (χ1) is 10.9. The Balaban J connectivity index is 2.43. The summed E-state index contributed by atoms with van der Waals surface area (Å²) in [5.74, 6) is -0.131. The molecule has 0 heterocycles. The molecule has 0 radical (unpaired) electrons. The molecule has 0 saturated heterocycles. The molecule has 0 saturated carbocycles. The molecule has 0 bridgehead atoms. The number of rotatable bonds is 6. The average Bonchev–Trinajstić information content (AvgIpc) is 2.34. The Morgan fingerprint density at radius 1 is 0.875 bits per heavy atom. The van der Waals surface area contributed by atoms with Crippen LogP contribution in [0.3, 0.4) is 0 Å². The maximum atomic E-state index is 12.0. The summed E-state index contributed by atoms with van der Waals surface area (Å²) in [6.07, 6.45) is 1.75. The van der Waals surface area contributed by atoms with E-state index in [4.69, 9.17) is 0 Å². The summed E-state index contributed by atoms with van der Waals surface area (Å²) >= 11 is 0. The van der Waals surface area contributed by atoms with Crippen LogP contribution in [0.1, 0.15) is 59.1 Å². The second-order valence-electron chi connectivity index (χ2n) is 8.85. The first-order valence-corrected chi connectivity index (χ1v) is 8.56. The summed E-state index contributed by atoms with van der Waals surface area (Å²) < 4.78 is 0. The zero-order valence-electron chi connectivity index (χ0n) is 16.0. The zero-order valence-corrected chi connectivity index (χ0v) is 16.0. The van der Waals surface area contributed by atoms with Crippen LogP contribution in [0.15, 0.2) is 24.3 Å². The van der Waals surface area contributed by atoms with E-state index >= 15 is 0 Å². The number of benzene rings is 1. The van der Waals surface area contributed by atoms with Gasteiger partial charge in [0.15, 0.2) is 0 Å². The monoisotopic (exact) mass is 332 g/mol. The molecule has 0 unspecified atom stereocenters. The molecule has 0 atom stereocenters. The lowest BCUT2D eigenvalue weighted by Gasteiger charge is -2.18. The predicted octanol–water partition coefficient (Wildman–Crippen LogP) is 3.44. The van der Waals surface area contributed by atoms with Crippen molar-refractivity contribution in [3.8, 4) is 0 Å². The van der Waals surface area contributed by atoms with Gasteiger partial charge in [0.2, 0.25) is 11.8 Å². The number of carbonyl (C=O) groups excluding carboxylic acids is 2. The number of nitrogens with one attached hydrogen (secondary N) is 2. The van der Waals surface area contributed by atoms with Gasteiger partial charge >= 0.3 is 0 Å². The molecule has 134 valence electrons. The van der Waals surface area contributed by atoms with Gasteiger partial charge < -0.3 is 10.6 Å². The average molecular weight is 332 g/mol. The van der Waals surface area contributed by atoms with Gasteiger partial charge in [-0.2, -0.15) is 0 Å². The van der Waals surface area contributed by atoms with Gasteiger partial charge in [-0.15, -0.1) is 0 Å². The van der Waals surface area contributed by atoms with E-state index in [1.807, 2.05) is 32.9 Å². The van der Waals surface area contributed by atoms with Crippen molar-refractivity contribution in [2.24, 2.45) is 10.8 Å². The van der Waals surface area contributed by atoms with Crippen LogP contribution in [0.25, 0.3) is 0 Å². The molecule has 4 nitrogen and oxygen atoms in total. The Morgan fingerprint density at radius 3 is 2.04 bits per heavy atom. The number of carbonyl (C=O) groups is 2. The van der Waals surface area contributed by atoms with Gasteiger partial charge in [-0.25, -0.2) is 0 Å². The van der Waals surface area contributed by atoms with Crippen LogP contribution >= 0.6 is 0 Å². The summed E-state index contributed by atoms with van der Waals surface area (Å²) in [7, 11) is 0. The highest BCUT2D eigenvalue weighted by Crippen LogP contribution is 2.21. The fourth-order valence-corrected chi connectivity index (χ4v) is 2.50. The number of amides is 2. The van der Waals surface area contributed by atoms with Crippen molar-refractivity contribution in [3.63, 3.8) is 0 Å². The third-order valence-electron chi connectivity index (χ3n) is 3.35. The smallest absolute Gasteiger partial charge is 0.225 e. The van der Waals surface area contributed by atoms with Crippen LogP contribution in [0.2, 0.25) is 0 Å². The van der Waals surface area contributed by atoms with Gasteiger partial charge in [0.05, 0.1) is 13.1 Å². The van der Waals surface area contributed by atoms with Crippen molar-refractivity contribution >= 4 is 11.8 Å². The zero-order chi connectivity index (χ0) is 18.4. The molecule has 0 aliphatic carbocycles. The topological polar surface area (TPSA) is 58.2 Å². The number of hydrogen-bond donors (Lipinski definition) is 2. The summed E-state index contributed by atoms with van der Waals surface area (Å²) in [4.78, 5) is 23.7. The van der Waals surface area contributed by atoms with Crippen LogP contribution < -0.4 is 10.6 Å². The molecule has 0 fully saturated rings. The molecular formula is C20H32N2O2. The first-order valence-electron chi connectivity index (χ1n) is 8.56. The SMILES string of the molecule is CC(C)(C)CC(=O)NCNC(=O)Cc1cccc(CC(C)(C)C)c1. The molecule has 0 aliphatic rings. The highest BCUT2D eigenvalue weighted by atomic mass is 16.2. The highest BCUT2D eigenvalue weighted by Gasteiger charge is 2.15. The molecule has 0 spiro atoms. The lowest BCUT2D eigenvalue weighted by atomic mass is 9.87. The van der Waals surface area contributed by atoms with Gasteiger partial charge in [-0.05, 0) is 28.4 Å². The molecular weight excluding hydrogens is 300 g/mol. The van der Waals surface area contributed by atoms with E-state index in [2.05, 4.69) is 43.5 Å². The maximum absolute atomic E-state index is 12.0. The molecule has 4 heteroatoms. The van der Waals surface area contributed by atoms with Crippen LogP contribution in [0, 0.1) is 10.8 Å². The molecule has 2 N–H and O–H groups in total. The largest absolute Gasteiger partial charge is 0.339 e. The van der Waals surface area contributed by atoms with E-state index in [1.165, 1.54) is 5.56 Å². The normalized spacial score (nSPS) is 11.9. The van der Waals surface area contributed by atoms with Gasteiger partial charge in [-0.1, -0.05) is 65.8 Å². The molecule has 2 amide bonds. The van der Waals surface area contributed by atoms with E-state index in [9.17, 15) is 9.59 Å². The van der Waals surface area contributed by atoms with Crippen molar-refractivity contribution in [1.29, 1.82) is 0 Å². The molecule has 1 aromatic rings. The summed E-state index contributed by atoms with van der Waals surface area (Å²) in [5.41, 5.74) is 2.40. The van der Waals surface area contributed by atoms with Crippen molar-refractivity contribution in [2.45, 2.75) is 60.8 Å². The van der Waals surface area contributed by atoms with Crippen LogP contribution in [-0.2, 0) is 22.4 Å². The van der Waals surface area contributed by atoms with Crippen LogP contribution in [-0.4, -0.2) is 18.5 Å². The van der Waals surface area contributed by atoms with Gasteiger partial charge in [0.25, 0.3) is 0 Å².